The zero-order valence-corrected chi connectivity index (χ0v) is 19.6. The summed E-state index contributed by atoms with van der Waals surface area (Å²) in [6.07, 6.45) is 0. The van der Waals surface area contributed by atoms with E-state index < -0.39 is 0 Å². The first-order chi connectivity index (χ1) is 15.9. The molecule has 0 radical (unpaired) electrons. The van der Waals surface area contributed by atoms with Gasteiger partial charge in [0, 0.05) is 49.0 Å². The van der Waals surface area contributed by atoms with Crippen LogP contribution in [0, 0.1) is 5.92 Å². The van der Waals surface area contributed by atoms with Crippen molar-refractivity contribution in [1.82, 2.24) is 10.2 Å². The number of piperazine rings is 1. The van der Waals surface area contributed by atoms with Crippen LogP contribution in [0.3, 0.4) is 0 Å². The van der Waals surface area contributed by atoms with Crippen LogP contribution in [0.4, 0.5) is 11.4 Å². The van der Waals surface area contributed by atoms with Crippen LogP contribution >= 0.6 is 12.2 Å². The van der Waals surface area contributed by atoms with Gasteiger partial charge in [-0.2, -0.15) is 0 Å². The number of carbonyl (C=O) groups is 2. The minimum absolute atomic E-state index is 0.0285. The van der Waals surface area contributed by atoms with Crippen molar-refractivity contribution in [3.8, 4) is 11.5 Å². The molecular formula is C24H28N4O4S. The lowest BCUT2D eigenvalue weighted by Crippen LogP contribution is -2.49. The van der Waals surface area contributed by atoms with Gasteiger partial charge in [0.2, 0.25) is 5.91 Å². The Morgan fingerprint density at radius 2 is 1.61 bits per heavy atom. The number of amides is 2. The van der Waals surface area contributed by atoms with Crippen LogP contribution in [0.15, 0.2) is 42.5 Å². The van der Waals surface area contributed by atoms with Gasteiger partial charge in [-0.05, 0) is 54.7 Å². The van der Waals surface area contributed by atoms with E-state index in [2.05, 4.69) is 15.5 Å². The Labute approximate surface area is 198 Å². The lowest BCUT2D eigenvalue weighted by Gasteiger charge is -2.37. The number of nitrogens with zero attached hydrogens (tertiary/aromatic N) is 2. The first kappa shape index (κ1) is 22.8. The Hall–Kier alpha value is -3.33. The zero-order chi connectivity index (χ0) is 23.4. The molecule has 0 aromatic heterocycles. The molecule has 2 N–H and O–H groups in total. The highest BCUT2D eigenvalue weighted by Crippen LogP contribution is 2.30. The van der Waals surface area contributed by atoms with Crippen LogP contribution in [0.5, 0.6) is 11.5 Å². The number of benzene rings is 2. The summed E-state index contributed by atoms with van der Waals surface area (Å²) in [5.41, 5.74) is 2.30. The molecule has 2 aromatic carbocycles. The molecule has 0 aliphatic carbocycles. The summed E-state index contributed by atoms with van der Waals surface area (Å²) in [6, 6.07) is 12.9. The van der Waals surface area contributed by atoms with Crippen molar-refractivity contribution in [1.29, 1.82) is 0 Å². The highest BCUT2D eigenvalue weighted by Gasteiger charge is 2.23. The Morgan fingerprint density at radius 1 is 0.939 bits per heavy atom. The van der Waals surface area contributed by atoms with Crippen molar-refractivity contribution in [3.05, 3.63) is 48.0 Å². The van der Waals surface area contributed by atoms with Gasteiger partial charge in [0.15, 0.2) is 16.6 Å². The minimum atomic E-state index is -0.324. The second-order valence-corrected chi connectivity index (χ2v) is 8.69. The zero-order valence-electron chi connectivity index (χ0n) is 18.8. The van der Waals surface area contributed by atoms with Gasteiger partial charge in [0.05, 0.1) is 0 Å². The Bertz CT molecular complexity index is 1030. The van der Waals surface area contributed by atoms with Crippen molar-refractivity contribution >= 4 is 40.5 Å². The molecule has 0 bridgehead atoms. The van der Waals surface area contributed by atoms with E-state index >= 15 is 0 Å². The van der Waals surface area contributed by atoms with Gasteiger partial charge in [-0.3, -0.25) is 14.9 Å². The topological polar surface area (TPSA) is 83.1 Å². The maximum Gasteiger partial charge on any atom is 0.257 e. The largest absolute Gasteiger partial charge is 0.486 e. The highest BCUT2D eigenvalue weighted by molar-refractivity contribution is 7.80. The van der Waals surface area contributed by atoms with Crippen molar-refractivity contribution < 1.29 is 19.1 Å². The SMILES string of the molecule is CC(C)C(=O)N1CCN(c2ccc(NC(=S)NC(=O)c3ccc4c(c3)OCCO4)cc2)CC1. The molecule has 2 aliphatic heterocycles. The van der Waals surface area contributed by atoms with Crippen molar-refractivity contribution in [2.75, 3.05) is 49.6 Å². The van der Waals surface area contributed by atoms with E-state index in [1.165, 1.54) is 0 Å². The third kappa shape index (κ3) is 5.54. The molecule has 0 unspecified atom stereocenters. The van der Waals surface area contributed by atoms with Crippen LogP contribution in [0.2, 0.25) is 0 Å². The molecule has 0 spiro atoms. The van der Waals surface area contributed by atoms with E-state index in [1.54, 1.807) is 18.2 Å². The molecule has 2 aliphatic rings. The lowest BCUT2D eigenvalue weighted by atomic mass is 10.1. The predicted octanol–water partition coefficient (Wildman–Crippen LogP) is 2.89. The van der Waals surface area contributed by atoms with Gasteiger partial charge in [-0.15, -0.1) is 0 Å². The first-order valence-electron chi connectivity index (χ1n) is 11.1. The molecule has 2 amide bonds. The van der Waals surface area contributed by atoms with Crippen LogP contribution in [-0.2, 0) is 4.79 Å². The monoisotopic (exact) mass is 468 g/mol. The average Bonchev–Trinajstić information content (AvgIpc) is 2.83. The molecule has 0 atom stereocenters. The molecule has 1 fully saturated rings. The number of rotatable bonds is 4. The second kappa shape index (κ2) is 10.1. The van der Waals surface area contributed by atoms with Gasteiger partial charge in [0.1, 0.15) is 13.2 Å². The van der Waals surface area contributed by atoms with E-state index in [0.717, 1.165) is 37.6 Å². The maximum absolute atomic E-state index is 12.5. The minimum Gasteiger partial charge on any atom is -0.486 e. The number of nitrogens with one attached hydrogen (secondary N) is 2. The maximum atomic E-state index is 12.5. The molecule has 2 aromatic rings. The molecule has 8 nitrogen and oxygen atoms in total. The van der Waals surface area contributed by atoms with Gasteiger partial charge in [0.25, 0.3) is 5.91 Å². The molecule has 0 saturated carbocycles. The summed E-state index contributed by atoms with van der Waals surface area (Å²) in [7, 11) is 0. The second-order valence-electron chi connectivity index (χ2n) is 8.28. The number of anilines is 2. The van der Waals surface area contributed by atoms with Crippen molar-refractivity contribution in [2.24, 2.45) is 5.92 Å². The number of fused-ring (bicyclic) bond motifs is 1. The Morgan fingerprint density at radius 3 is 2.27 bits per heavy atom. The fourth-order valence-corrected chi connectivity index (χ4v) is 4.04. The Kier molecular flexibility index (Phi) is 6.98. The van der Waals surface area contributed by atoms with E-state index in [9.17, 15) is 9.59 Å². The van der Waals surface area contributed by atoms with Gasteiger partial charge >= 0.3 is 0 Å². The van der Waals surface area contributed by atoms with Gasteiger partial charge in [-0.1, -0.05) is 13.8 Å². The predicted molar refractivity (Wildman–Crippen MR) is 131 cm³/mol. The number of thiocarbonyl (C=S) groups is 1. The number of hydrogen-bond donors (Lipinski definition) is 2. The number of ether oxygens (including phenoxy) is 2. The summed E-state index contributed by atoms with van der Waals surface area (Å²) < 4.78 is 11.0. The molecule has 174 valence electrons. The molecule has 33 heavy (non-hydrogen) atoms. The highest BCUT2D eigenvalue weighted by atomic mass is 32.1. The Balaban J connectivity index is 1.29. The van der Waals surface area contributed by atoms with Gasteiger partial charge < -0.3 is 24.6 Å². The molecule has 1 saturated heterocycles. The fraction of sp³-hybridized carbons (Fsp3) is 0.375. The first-order valence-corrected chi connectivity index (χ1v) is 11.5. The van der Waals surface area contributed by atoms with Crippen LogP contribution in [0.1, 0.15) is 24.2 Å². The third-order valence-corrected chi connectivity index (χ3v) is 5.81. The van der Waals surface area contributed by atoms with E-state index in [0.29, 0.717) is 30.3 Å². The van der Waals surface area contributed by atoms with Crippen molar-refractivity contribution in [2.45, 2.75) is 13.8 Å². The summed E-state index contributed by atoms with van der Waals surface area (Å²) in [6.45, 7) is 7.89. The summed E-state index contributed by atoms with van der Waals surface area (Å²) in [5, 5.41) is 5.94. The van der Waals surface area contributed by atoms with E-state index in [4.69, 9.17) is 21.7 Å². The average molecular weight is 469 g/mol. The molecule has 9 heteroatoms. The van der Waals surface area contributed by atoms with Crippen LogP contribution < -0.4 is 25.0 Å². The summed E-state index contributed by atoms with van der Waals surface area (Å²) >= 11 is 5.30. The normalized spacial score (nSPS) is 15.2. The van der Waals surface area contributed by atoms with Crippen LogP contribution in [-0.4, -0.2) is 61.2 Å². The fourth-order valence-electron chi connectivity index (χ4n) is 3.83. The van der Waals surface area contributed by atoms with E-state index in [1.807, 2.05) is 43.0 Å². The number of hydrogen-bond acceptors (Lipinski definition) is 6. The van der Waals surface area contributed by atoms with Crippen LogP contribution in [0.25, 0.3) is 0 Å². The lowest BCUT2D eigenvalue weighted by molar-refractivity contribution is -0.134. The molecular weight excluding hydrogens is 440 g/mol. The smallest absolute Gasteiger partial charge is 0.257 e. The quantitative estimate of drug-likeness (QED) is 0.668. The molecule has 4 rings (SSSR count). The standard InChI is InChI=1S/C24H28N4O4S/c1-16(2)23(30)28-11-9-27(10-12-28)19-6-4-18(5-7-19)25-24(33)26-22(29)17-3-8-20-21(15-17)32-14-13-31-20/h3-8,15-16H,9-14H2,1-2H3,(H2,25,26,29,33). The summed E-state index contributed by atoms with van der Waals surface area (Å²) in [4.78, 5) is 28.9. The van der Waals surface area contributed by atoms with Gasteiger partial charge in [-0.25, -0.2) is 0 Å². The van der Waals surface area contributed by atoms with E-state index in [-0.39, 0.29) is 22.8 Å². The molecule has 2 heterocycles. The van der Waals surface area contributed by atoms with Crippen molar-refractivity contribution in [3.63, 3.8) is 0 Å². The number of carbonyl (C=O) groups excluding carboxylic acids is 2. The summed E-state index contributed by atoms with van der Waals surface area (Å²) in [5.74, 6) is 1.10. The third-order valence-electron chi connectivity index (χ3n) is 5.61.